The van der Waals surface area contributed by atoms with Crippen LogP contribution in [0.15, 0.2) is 29.6 Å². The van der Waals surface area contributed by atoms with Crippen LogP contribution in [-0.2, 0) is 10.0 Å². The Bertz CT molecular complexity index is 858. The summed E-state index contributed by atoms with van der Waals surface area (Å²) in [5, 5.41) is 5.37. The number of benzene rings is 1. The first-order valence-electron chi connectivity index (χ1n) is 8.00. The molecule has 0 spiro atoms. The zero-order valence-electron chi connectivity index (χ0n) is 13.9. The first kappa shape index (κ1) is 17.7. The van der Waals surface area contributed by atoms with Crippen LogP contribution in [0.5, 0.6) is 0 Å². The van der Waals surface area contributed by atoms with E-state index in [9.17, 15) is 13.2 Å². The SMILES string of the molecule is CS(=O)(=O)Nc1cccc(NC(=O)c2csc(N3CCCCC3)n2)c1. The number of hydrogen-bond acceptors (Lipinski definition) is 6. The highest BCUT2D eigenvalue weighted by Crippen LogP contribution is 2.24. The van der Waals surface area contributed by atoms with Gasteiger partial charge in [0.15, 0.2) is 5.13 Å². The molecule has 1 aliphatic rings. The average Bonchev–Trinajstić information content (AvgIpc) is 3.04. The van der Waals surface area contributed by atoms with Crippen molar-refractivity contribution in [2.45, 2.75) is 19.3 Å². The lowest BCUT2D eigenvalue weighted by molar-refractivity contribution is 0.102. The molecule has 0 unspecified atom stereocenters. The molecule has 0 atom stereocenters. The fourth-order valence-corrected chi connectivity index (χ4v) is 4.08. The van der Waals surface area contributed by atoms with Gasteiger partial charge in [0, 0.05) is 24.2 Å². The number of carbonyl (C=O) groups excluding carboxylic acids is 1. The van der Waals surface area contributed by atoms with E-state index in [1.54, 1.807) is 29.6 Å². The molecule has 0 aliphatic carbocycles. The second kappa shape index (κ2) is 7.40. The van der Waals surface area contributed by atoms with Crippen LogP contribution in [0.3, 0.4) is 0 Å². The number of rotatable bonds is 5. The van der Waals surface area contributed by atoms with Crippen LogP contribution >= 0.6 is 11.3 Å². The third-order valence-electron chi connectivity index (χ3n) is 3.77. The Morgan fingerprint density at radius 1 is 1.20 bits per heavy atom. The number of aromatic nitrogens is 1. The van der Waals surface area contributed by atoms with Crippen molar-refractivity contribution < 1.29 is 13.2 Å². The minimum Gasteiger partial charge on any atom is -0.348 e. The second-order valence-corrected chi connectivity index (χ2v) is 8.56. The van der Waals surface area contributed by atoms with Crippen molar-refractivity contribution in [3.05, 3.63) is 35.3 Å². The van der Waals surface area contributed by atoms with Crippen molar-refractivity contribution in [2.75, 3.05) is 34.3 Å². The number of carbonyl (C=O) groups is 1. The molecule has 1 saturated heterocycles. The highest BCUT2D eigenvalue weighted by Gasteiger charge is 2.17. The van der Waals surface area contributed by atoms with Gasteiger partial charge in [-0.15, -0.1) is 11.3 Å². The van der Waals surface area contributed by atoms with E-state index in [1.807, 2.05) is 0 Å². The van der Waals surface area contributed by atoms with Crippen LogP contribution < -0.4 is 14.9 Å². The molecular weight excluding hydrogens is 360 g/mol. The molecule has 1 aliphatic heterocycles. The van der Waals surface area contributed by atoms with Crippen molar-refractivity contribution in [2.24, 2.45) is 0 Å². The lowest BCUT2D eigenvalue weighted by Gasteiger charge is -2.25. The first-order chi connectivity index (χ1) is 11.9. The Labute approximate surface area is 151 Å². The molecule has 9 heteroatoms. The summed E-state index contributed by atoms with van der Waals surface area (Å²) in [6.45, 7) is 1.96. The lowest BCUT2D eigenvalue weighted by atomic mass is 10.1. The summed E-state index contributed by atoms with van der Waals surface area (Å²) in [4.78, 5) is 19.0. The number of nitrogens with zero attached hydrogens (tertiary/aromatic N) is 2. The minimum atomic E-state index is -3.36. The zero-order valence-corrected chi connectivity index (χ0v) is 15.5. The maximum atomic E-state index is 12.4. The maximum Gasteiger partial charge on any atom is 0.275 e. The molecule has 0 radical (unpaired) electrons. The minimum absolute atomic E-state index is 0.309. The smallest absolute Gasteiger partial charge is 0.275 e. The molecule has 1 aromatic carbocycles. The molecule has 7 nitrogen and oxygen atoms in total. The van der Waals surface area contributed by atoms with Crippen LogP contribution in [0.25, 0.3) is 0 Å². The van der Waals surface area contributed by atoms with Gasteiger partial charge in [-0.25, -0.2) is 13.4 Å². The van der Waals surface area contributed by atoms with Crippen LogP contribution in [0.2, 0.25) is 0 Å². The Morgan fingerprint density at radius 3 is 2.64 bits per heavy atom. The third kappa shape index (κ3) is 4.93. The number of anilines is 3. The normalized spacial score (nSPS) is 15.0. The number of nitrogens with one attached hydrogen (secondary N) is 2. The number of thiazole rings is 1. The summed E-state index contributed by atoms with van der Waals surface area (Å²) in [6, 6.07) is 6.55. The van der Waals surface area contributed by atoms with E-state index in [4.69, 9.17) is 0 Å². The highest BCUT2D eigenvalue weighted by molar-refractivity contribution is 7.92. The van der Waals surface area contributed by atoms with Gasteiger partial charge in [0.05, 0.1) is 11.9 Å². The van der Waals surface area contributed by atoms with Crippen molar-refractivity contribution in [1.82, 2.24) is 4.98 Å². The van der Waals surface area contributed by atoms with Gasteiger partial charge in [-0.2, -0.15) is 0 Å². The predicted molar refractivity (Wildman–Crippen MR) is 101 cm³/mol. The van der Waals surface area contributed by atoms with E-state index in [0.29, 0.717) is 17.1 Å². The number of amides is 1. The summed E-state index contributed by atoms with van der Waals surface area (Å²) in [5.41, 5.74) is 1.27. The highest BCUT2D eigenvalue weighted by atomic mass is 32.2. The van der Waals surface area contributed by atoms with Crippen LogP contribution in [-0.4, -0.2) is 38.7 Å². The van der Waals surface area contributed by atoms with Gasteiger partial charge in [-0.05, 0) is 37.5 Å². The van der Waals surface area contributed by atoms with E-state index in [1.165, 1.54) is 17.8 Å². The standard InChI is InChI=1S/C16H20N4O3S2/c1-25(22,23)19-13-7-5-6-12(10-13)17-15(21)14-11-24-16(18-14)20-8-3-2-4-9-20/h5-7,10-11,19H,2-4,8-9H2,1H3,(H,17,21). The zero-order chi connectivity index (χ0) is 17.9. The number of hydrogen-bond donors (Lipinski definition) is 2. The number of sulfonamides is 1. The van der Waals surface area contributed by atoms with E-state index >= 15 is 0 Å². The van der Waals surface area contributed by atoms with Gasteiger partial charge >= 0.3 is 0 Å². The summed E-state index contributed by atoms with van der Waals surface area (Å²) in [7, 11) is -3.36. The molecule has 2 N–H and O–H groups in total. The summed E-state index contributed by atoms with van der Waals surface area (Å²) in [6.07, 6.45) is 4.63. The molecule has 25 heavy (non-hydrogen) atoms. The predicted octanol–water partition coefficient (Wildman–Crippen LogP) is 2.76. The molecule has 1 amide bonds. The molecule has 0 bridgehead atoms. The first-order valence-corrected chi connectivity index (χ1v) is 10.8. The Balaban J connectivity index is 1.68. The summed E-state index contributed by atoms with van der Waals surface area (Å²) in [5.74, 6) is -0.309. The van der Waals surface area contributed by atoms with Crippen molar-refractivity contribution >= 4 is 43.8 Å². The van der Waals surface area contributed by atoms with Crippen LogP contribution in [0.4, 0.5) is 16.5 Å². The van der Waals surface area contributed by atoms with Crippen LogP contribution in [0.1, 0.15) is 29.8 Å². The van der Waals surface area contributed by atoms with E-state index in [0.717, 1.165) is 37.3 Å². The lowest BCUT2D eigenvalue weighted by Crippen LogP contribution is -2.29. The Morgan fingerprint density at radius 2 is 1.92 bits per heavy atom. The van der Waals surface area contributed by atoms with Gasteiger partial charge in [-0.3, -0.25) is 9.52 Å². The molecule has 2 aromatic rings. The van der Waals surface area contributed by atoms with Crippen LogP contribution in [0, 0.1) is 0 Å². The van der Waals surface area contributed by atoms with E-state index in [2.05, 4.69) is 19.9 Å². The quantitative estimate of drug-likeness (QED) is 0.832. The molecule has 3 rings (SSSR count). The summed E-state index contributed by atoms with van der Waals surface area (Å²) < 4.78 is 25.0. The Kier molecular flexibility index (Phi) is 5.24. The van der Waals surface area contributed by atoms with Gasteiger partial charge in [0.2, 0.25) is 10.0 Å². The van der Waals surface area contributed by atoms with Gasteiger partial charge in [0.1, 0.15) is 5.69 Å². The summed E-state index contributed by atoms with van der Waals surface area (Å²) >= 11 is 1.47. The van der Waals surface area contributed by atoms with E-state index < -0.39 is 10.0 Å². The molecule has 0 saturated carbocycles. The fourth-order valence-electron chi connectivity index (χ4n) is 2.67. The third-order valence-corrected chi connectivity index (χ3v) is 5.28. The molecule has 1 aromatic heterocycles. The van der Waals surface area contributed by atoms with Crippen molar-refractivity contribution in [1.29, 1.82) is 0 Å². The van der Waals surface area contributed by atoms with Gasteiger partial charge in [-0.1, -0.05) is 6.07 Å². The molecule has 2 heterocycles. The molecule has 1 fully saturated rings. The maximum absolute atomic E-state index is 12.4. The van der Waals surface area contributed by atoms with Crippen molar-refractivity contribution in [3.63, 3.8) is 0 Å². The van der Waals surface area contributed by atoms with E-state index in [-0.39, 0.29) is 5.91 Å². The second-order valence-electron chi connectivity index (χ2n) is 5.97. The number of piperidine rings is 1. The largest absolute Gasteiger partial charge is 0.348 e. The molecular formula is C16H20N4O3S2. The topological polar surface area (TPSA) is 91.4 Å². The fraction of sp³-hybridized carbons (Fsp3) is 0.375. The van der Waals surface area contributed by atoms with Gasteiger partial charge in [0.25, 0.3) is 5.91 Å². The Hall–Kier alpha value is -2.13. The monoisotopic (exact) mass is 380 g/mol. The molecule has 134 valence electrons. The van der Waals surface area contributed by atoms with Crippen molar-refractivity contribution in [3.8, 4) is 0 Å². The van der Waals surface area contributed by atoms with Gasteiger partial charge < -0.3 is 10.2 Å². The average molecular weight is 380 g/mol.